The zero-order chi connectivity index (χ0) is 10.4. The molecule has 0 fully saturated rings. The van der Waals surface area contributed by atoms with Gasteiger partial charge in [-0.2, -0.15) is 0 Å². The second kappa shape index (κ2) is 6.59. The van der Waals surface area contributed by atoms with Crippen LogP contribution in [0.5, 0.6) is 0 Å². The zero-order valence-electron chi connectivity index (χ0n) is 8.85. The van der Waals surface area contributed by atoms with Crippen LogP contribution >= 0.6 is 27.3 Å². The molecular formula is C11H18BrNS. The van der Waals surface area contributed by atoms with Gasteiger partial charge in [-0.15, -0.1) is 11.3 Å². The summed E-state index contributed by atoms with van der Waals surface area (Å²) in [6.07, 6.45) is 5.20. The van der Waals surface area contributed by atoms with Crippen molar-refractivity contribution in [1.82, 2.24) is 5.32 Å². The SMILES string of the molecule is CCCCCC(NC)c1ccc(Br)s1. The van der Waals surface area contributed by atoms with Crippen molar-refractivity contribution >= 4 is 27.3 Å². The van der Waals surface area contributed by atoms with Crippen molar-refractivity contribution < 1.29 is 0 Å². The molecule has 1 rings (SSSR count). The summed E-state index contributed by atoms with van der Waals surface area (Å²) in [5.41, 5.74) is 0. The van der Waals surface area contributed by atoms with E-state index in [9.17, 15) is 0 Å². The number of halogens is 1. The number of thiophene rings is 1. The van der Waals surface area contributed by atoms with E-state index in [1.54, 1.807) is 0 Å². The van der Waals surface area contributed by atoms with Gasteiger partial charge in [0.25, 0.3) is 0 Å². The highest BCUT2D eigenvalue weighted by molar-refractivity contribution is 9.11. The molecule has 1 unspecified atom stereocenters. The van der Waals surface area contributed by atoms with E-state index in [2.05, 4.69) is 40.3 Å². The molecule has 1 nitrogen and oxygen atoms in total. The summed E-state index contributed by atoms with van der Waals surface area (Å²) in [7, 11) is 2.05. The molecule has 0 saturated heterocycles. The van der Waals surface area contributed by atoms with Crippen LogP contribution in [0.25, 0.3) is 0 Å². The van der Waals surface area contributed by atoms with Crippen molar-refractivity contribution in [3.05, 3.63) is 20.8 Å². The lowest BCUT2D eigenvalue weighted by atomic mass is 10.1. The van der Waals surface area contributed by atoms with Gasteiger partial charge < -0.3 is 5.32 Å². The molecule has 14 heavy (non-hydrogen) atoms. The fourth-order valence-electron chi connectivity index (χ4n) is 1.54. The van der Waals surface area contributed by atoms with Crippen LogP contribution in [0.3, 0.4) is 0 Å². The molecule has 0 aliphatic rings. The molecule has 0 radical (unpaired) electrons. The van der Waals surface area contributed by atoms with Gasteiger partial charge in [-0.1, -0.05) is 26.2 Å². The molecule has 1 N–H and O–H groups in total. The molecule has 0 spiro atoms. The molecule has 1 aromatic heterocycles. The van der Waals surface area contributed by atoms with Gasteiger partial charge in [0.15, 0.2) is 0 Å². The van der Waals surface area contributed by atoms with Crippen molar-refractivity contribution in [3.8, 4) is 0 Å². The lowest BCUT2D eigenvalue weighted by Gasteiger charge is -2.13. The van der Waals surface area contributed by atoms with Gasteiger partial charge in [0, 0.05) is 10.9 Å². The maximum atomic E-state index is 3.50. The topological polar surface area (TPSA) is 12.0 Å². The summed E-state index contributed by atoms with van der Waals surface area (Å²) < 4.78 is 1.23. The molecule has 1 aromatic rings. The van der Waals surface area contributed by atoms with E-state index in [0.717, 1.165) is 0 Å². The van der Waals surface area contributed by atoms with E-state index in [1.165, 1.54) is 34.3 Å². The molecular weight excluding hydrogens is 258 g/mol. The predicted octanol–water partition coefficient (Wildman–Crippen LogP) is 4.35. The quantitative estimate of drug-likeness (QED) is 0.762. The predicted molar refractivity (Wildman–Crippen MR) is 68.0 cm³/mol. The van der Waals surface area contributed by atoms with Crippen LogP contribution in [0.4, 0.5) is 0 Å². The first-order valence-electron chi connectivity index (χ1n) is 5.20. The van der Waals surface area contributed by atoms with Gasteiger partial charge in [-0.05, 0) is 41.5 Å². The van der Waals surface area contributed by atoms with E-state index in [0.29, 0.717) is 6.04 Å². The highest BCUT2D eigenvalue weighted by atomic mass is 79.9. The van der Waals surface area contributed by atoms with E-state index in [4.69, 9.17) is 0 Å². The second-order valence-corrected chi connectivity index (χ2v) is 5.97. The lowest BCUT2D eigenvalue weighted by Crippen LogP contribution is -2.14. The van der Waals surface area contributed by atoms with Crippen molar-refractivity contribution in [2.75, 3.05) is 7.05 Å². The van der Waals surface area contributed by atoms with E-state index in [1.807, 2.05) is 18.4 Å². The number of hydrogen-bond acceptors (Lipinski definition) is 2. The van der Waals surface area contributed by atoms with Crippen LogP contribution in [0.1, 0.15) is 43.5 Å². The molecule has 80 valence electrons. The van der Waals surface area contributed by atoms with Crippen LogP contribution in [-0.2, 0) is 0 Å². The maximum Gasteiger partial charge on any atom is 0.0701 e. The van der Waals surface area contributed by atoms with Crippen molar-refractivity contribution in [3.63, 3.8) is 0 Å². The molecule has 1 atom stereocenters. The minimum atomic E-state index is 0.540. The van der Waals surface area contributed by atoms with Gasteiger partial charge in [-0.3, -0.25) is 0 Å². The standard InChI is InChI=1S/C11H18BrNS/c1-3-4-5-6-9(13-2)10-7-8-11(12)14-10/h7-9,13H,3-6H2,1-2H3. The Hall–Kier alpha value is 0.140. The number of unbranched alkanes of at least 4 members (excludes halogenated alkanes) is 2. The summed E-state index contributed by atoms with van der Waals surface area (Å²) in [4.78, 5) is 1.44. The van der Waals surface area contributed by atoms with E-state index in [-0.39, 0.29) is 0 Å². The zero-order valence-corrected chi connectivity index (χ0v) is 11.2. The van der Waals surface area contributed by atoms with Crippen molar-refractivity contribution in [2.45, 2.75) is 38.6 Å². The third kappa shape index (κ3) is 3.71. The molecule has 0 bridgehead atoms. The van der Waals surface area contributed by atoms with Crippen LogP contribution in [0.15, 0.2) is 15.9 Å². The first-order chi connectivity index (χ1) is 6.77. The fourth-order valence-corrected chi connectivity index (χ4v) is 3.11. The minimum absolute atomic E-state index is 0.540. The Kier molecular flexibility index (Phi) is 5.75. The summed E-state index contributed by atoms with van der Waals surface area (Å²) in [6, 6.07) is 4.88. The molecule has 3 heteroatoms. The number of hydrogen-bond donors (Lipinski definition) is 1. The van der Waals surface area contributed by atoms with Crippen LogP contribution in [-0.4, -0.2) is 7.05 Å². The van der Waals surface area contributed by atoms with Crippen LogP contribution in [0.2, 0.25) is 0 Å². The van der Waals surface area contributed by atoms with E-state index >= 15 is 0 Å². The Bertz CT molecular complexity index is 260. The summed E-state index contributed by atoms with van der Waals surface area (Å²) in [5, 5.41) is 3.38. The lowest BCUT2D eigenvalue weighted by molar-refractivity contribution is 0.518. The first-order valence-corrected chi connectivity index (χ1v) is 6.81. The van der Waals surface area contributed by atoms with Gasteiger partial charge in [0.1, 0.15) is 0 Å². The number of rotatable bonds is 6. The minimum Gasteiger partial charge on any atom is -0.312 e. The highest BCUT2D eigenvalue weighted by Crippen LogP contribution is 2.29. The van der Waals surface area contributed by atoms with Gasteiger partial charge in [0.05, 0.1) is 3.79 Å². The molecule has 0 aliphatic heterocycles. The summed E-state index contributed by atoms with van der Waals surface area (Å²) in [6.45, 7) is 2.25. The van der Waals surface area contributed by atoms with Crippen LogP contribution in [0, 0.1) is 0 Å². The highest BCUT2D eigenvalue weighted by Gasteiger charge is 2.10. The summed E-state index contributed by atoms with van der Waals surface area (Å²) >= 11 is 5.33. The second-order valence-electron chi connectivity index (χ2n) is 3.48. The summed E-state index contributed by atoms with van der Waals surface area (Å²) in [5.74, 6) is 0. The van der Waals surface area contributed by atoms with Crippen molar-refractivity contribution in [1.29, 1.82) is 0 Å². The Balaban J connectivity index is 2.45. The largest absolute Gasteiger partial charge is 0.312 e. The number of nitrogens with one attached hydrogen (secondary N) is 1. The third-order valence-corrected chi connectivity index (χ3v) is 4.12. The first kappa shape index (κ1) is 12.2. The van der Waals surface area contributed by atoms with Gasteiger partial charge in [0.2, 0.25) is 0 Å². The molecule has 0 aromatic carbocycles. The smallest absolute Gasteiger partial charge is 0.0701 e. The molecule has 0 amide bonds. The normalized spacial score (nSPS) is 13.1. The van der Waals surface area contributed by atoms with Crippen LogP contribution < -0.4 is 5.32 Å². The Morgan fingerprint density at radius 1 is 1.43 bits per heavy atom. The average molecular weight is 276 g/mol. The molecule has 1 heterocycles. The maximum absolute atomic E-state index is 3.50. The van der Waals surface area contributed by atoms with Crippen molar-refractivity contribution in [2.24, 2.45) is 0 Å². The Labute approximate surface area is 99.0 Å². The van der Waals surface area contributed by atoms with Gasteiger partial charge in [-0.25, -0.2) is 0 Å². The van der Waals surface area contributed by atoms with E-state index < -0.39 is 0 Å². The fraction of sp³-hybridized carbons (Fsp3) is 0.636. The molecule has 0 aliphatic carbocycles. The third-order valence-electron chi connectivity index (χ3n) is 2.38. The van der Waals surface area contributed by atoms with Gasteiger partial charge >= 0.3 is 0 Å². The molecule has 0 saturated carbocycles. The Morgan fingerprint density at radius 2 is 2.21 bits per heavy atom. The average Bonchev–Trinajstić information content (AvgIpc) is 2.60. The monoisotopic (exact) mass is 275 g/mol. The Morgan fingerprint density at radius 3 is 2.71 bits per heavy atom.